The average molecular weight is 146 g/mol. The summed E-state index contributed by atoms with van der Waals surface area (Å²) in [4.78, 5) is 0. The van der Waals surface area contributed by atoms with Gasteiger partial charge in [0, 0.05) is 5.88 Å². The molecule has 0 spiro atoms. The van der Waals surface area contributed by atoms with Crippen LogP contribution in [0.5, 0.6) is 0 Å². The lowest BCUT2D eigenvalue weighted by molar-refractivity contribution is 1.10. The summed E-state index contributed by atoms with van der Waals surface area (Å²) in [6.07, 6.45) is 1.08. The minimum Gasteiger partial charge on any atom is -0.333 e. The van der Waals surface area contributed by atoms with Crippen LogP contribution < -0.4 is 5.73 Å². The van der Waals surface area contributed by atoms with Crippen molar-refractivity contribution < 1.29 is 0 Å². The van der Waals surface area contributed by atoms with E-state index in [-0.39, 0.29) is 12.4 Å². The molecule has 0 atom stereocenters. The Morgan fingerprint density at radius 3 is 1.57 bits per heavy atom. The van der Waals surface area contributed by atoms with Crippen molar-refractivity contribution in [3.63, 3.8) is 0 Å². The Kier molecular flexibility index (Phi) is 69.5. The molecule has 0 saturated heterocycles. The Labute approximate surface area is 56.6 Å². The van der Waals surface area contributed by atoms with Crippen LogP contribution >= 0.6 is 24.0 Å². The molecule has 0 saturated carbocycles. The fourth-order valence-electron chi connectivity index (χ4n) is 0. The van der Waals surface area contributed by atoms with E-state index < -0.39 is 0 Å². The van der Waals surface area contributed by atoms with E-state index in [4.69, 9.17) is 11.6 Å². The average Bonchev–Trinajstić information content (AvgIpc) is 1.72. The molecule has 0 aromatic carbocycles. The monoisotopic (exact) mass is 145 g/mol. The van der Waals surface area contributed by atoms with Gasteiger partial charge in [-0.1, -0.05) is 6.92 Å². The van der Waals surface area contributed by atoms with Crippen molar-refractivity contribution in [1.82, 2.24) is 0 Å². The predicted molar refractivity (Wildman–Crippen MR) is 38.4 cm³/mol. The zero-order chi connectivity index (χ0) is 5.41. The minimum absolute atomic E-state index is 0. The van der Waals surface area contributed by atoms with Crippen LogP contribution in [-0.4, -0.2) is 12.9 Å². The van der Waals surface area contributed by atoms with Crippen molar-refractivity contribution in [3.05, 3.63) is 0 Å². The van der Waals surface area contributed by atoms with Crippen LogP contribution in [0.25, 0.3) is 0 Å². The molecule has 0 radical (unpaired) electrons. The molecule has 0 aromatic heterocycles. The quantitative estimate of drug-likeness (QED) is 0.559. The highest BCUT2D eigenvalue weighted by molar-refractivity contribution is 6.17. The number of rotatable bonds is 1. The Bertz CT molecular complexity index is 11.7. The Balaban J connectivity index is -0.0000000480. The summed E-state index contributed by atoms with van der Waals surface area (Å²) in [7, 11) is 1.50. The molecule has 0 aliphatic rings. The molecule has 0 fully saturated rings. The fraction of sp³-hybridized carbons (Fsp3) is 1.00. The Hall–Kier alpha value is 0.540. The highest BCUT2D eigenvalue weighted by Crippen LogP contribution is 1.75. The van der Waals surface area contributed by atoms with Gasteiger partial charge in [-0.15, -0.1) is 24.0 Å². The zero-order valence-corrected chi connectivity index (χ0v) is 6.35. The normalized spacial score (nSPS) is 5.14. The molecule has 0 amide bonds. The second kappa shape index (κ2) is 31.1. The third-order valence-electron chi connectivity index (χ3n) is 0.189. The second-order valence-electron chi connectivity index (χ2n) is 0.689. The molecule has 0 unspecified atom stereocenters. The van der Waals surface area contributed by atoms with Gasteiger partial charge in [0.1, 0.15) is 0 Å². The van der Waals surface area contributed by atoms with E-state index in [9.17, 15) is 0 Å². The van der Waals surface area contributed by atoms with Crippen LogP contribution in [0.2, 0.25) is 0 Å². The van der Waals surface area contributed by atoms with Crippen molar-refractivity contribution in [2.75, 3.05) is 12.9 Å². The largest absolute Gasteiger partial charge is 0.333 e. The summed E-state index contributed by atoms with van der Waals surface area (Å²) in [5.41, 5.74) is 4.50. The molecule has 0 rings (SSSR count). The first-order valence-electron chi connectivity index (χ1n) is 2.05. The molecular formula is C4H13Cl2N. The van der Waals surface area contributed by atoms with Crippen molar-refractivity contribution in [2.24, 2.45) is 5.73 Å². The summed E-state index contributed by atoms with van der Waals surface area (Å²) in [5, 5.41) is 0. The third-order valence-corrected chi connectivity index (χ3v) is 0.567. The van der Waals surface area contributed by atoms with E-state index in [1.807, 2.05) is 6.92 Å². The lowest BCUT2D eigenvalue weighted by Gasteiger charge is -1.65. The van der Waals surface area contributed by atoms with E-state index >= 15 is 0 Å². The summed E-state index contributed by atoms with van der Waals surface area (Å²) in [5.74, 6) is 0.792. The maximum Gasteiger partial charge on any atom is 0.0220 e. The van der Waals surface area contributed by atoms with Gasteiger partial charge < -0.3 is 5.73 Å². The van der Waals surface area contributed by atoms with Crippen LogP contribution in [0.3, 0.4) is 0 Å². The van der Waals surface area contributed by atoms with Gasteiger partial charge in [0.05, 0.1) is 0 Å². The van der Waals surface area contributed by atoms with Crippen molar-refractivity contribution in [3.8, 4) is 0 Å². The Morgan fingerprint density at radius 1 is 1.43 bits per heavy atom. The standard InChI is InChI=1S/C3H7Cl.CH5N.ClH/c1-2-3-4;1-2;/h2-3H2,1H3;2H2,1H3;1H. The number of hydrogen-bond donors (Lipinski definition) is 1. The molecule has 1 nitrogen and oxygen atoms in total. The summed E-state index contributed by atoms with van der Waals surface area (Å²) in [6.45, 7) is 2.05. The number of alkyl halides is 1. The predicted octanol–water partition coefficient (Wildman–Crippen LogP) is 1.63. The van der Waals surface area contributed by atoms with Gasteiger partial charge in [-0.05, 0) is 13.5 Å². The lowest BCUT2D eigenvalue weighted by Crippen LogP contribution is -1.69. The first kappa shape index (κ1) is 15.6. The molecule has 0 aliphatic heterocycles. The van der Waals surface area contributed by atoms with Crippen LogP contribution in [0.4, 0.5) is 0 Å². The summed E-state index contributed by atoms with van der Waals surface area (Å²) < 4.78 is 0. The second-order valence-corrected chi connectivity index (χ2v) is 1.07. The van der Waals surface area contributed by atoms with E-state index in [2.05, 4.69) is 5.73 Å². The van der Waals surface area contributed by atoms with Gasteiger partial charge >= 0.3 is 0 Å². The van der Waals surface area contributed by atoms with Crippen molar-refractivity contribution in [1.29, 1.82) is 0 Å². The molecule has 0 heterocycles. The first-order chi connectivity index (χ1) is 2.91. The van der Waals surface area contributed by atoms with E-state index in [0.29, 0.717) is 0 Å². The van der Waals surface area contributed by atoms with Gasteiger partial charge in [-0.25, -0.2) is 0 Å². The van der Waals surface area contributed by atoms with Gasteiger partial charge in [0.15, 0.2) is 0 Å². The molecular weight excluding hydrogens is 133 g/mol. The van der Waals surface area contributed by atoms with Gasteiger partial charge in [-0.2, -0.15) is 0 Å². The number of halogens is 2. The molecule has 0 bridgehead atoms. The van der Waals surface area contributed by atoms with Crippen LogP contribution in [-0.2, 0) is 0 Å². The van der Waals surface area contributed by atoms with Crippen LogP contribution in [0.1, 0.15) is 13.3 Å². The van der Waals surface area contributed by atoms with E-state index in [0.717, 1.165) is 12.3 Å². The van der Waals surface area contributed by atoms with Crippen LogP contribution in [0.15, 0.2) is 0 Å². The molecule has 3 heteroatoms. The van der Waals surface area contributed by atoms with E-state index in [1.54, 1.807) is 0 Å². The molecule has 2 N–H and O–H groups in total. The maximum absolute atomic E-state index is 5.19. The van der Waals surface area contributed by atoms with Crippen LogP contribution in [0, 0.1) is 0 Å². The maximum atomic E-state index is 5.19. The van der Waals surface area contributed by atoms with Crippen molar-refractivity contribution in [2.45, 2.75) is 13.3 Å². The molecule has 48 valence electrons. The zero-order valence-electron chi connectivity index (χ0n) is 4.78. The highest BCUT2D eigenvalue weighted by atomic mass is 35.5. The topological polar surface area (TPSA) is 26.0 Å². The fourth-order valence-corrected chi connectivity index (χ4v) is 0. The molecule has 7 heavy (non-hydrogen) atoms. The van der Waals surface area contributed by atoms with Gasteiger partial charge in [0.2, 0.25) is 0 Å². The SMILES string of the molecule is CCCCl.CN.Cl. The molecule has 0 aromatic rings. The van der Waals surface area contributed by atoms with E-state index in [1.165, 1.54) is 7.05 Å². The molecule has 0 aliphatic carbocycles. The first-order valence-corrected chi connectivity index (χ1v) is 2.59. The van der Waals surface area contributed by atoms with Crippen molar-refractivity contribution >= 4 is 24.0 Å². The summed E-state index contributed by atoms with van der Waals surface area (Å²) >= 11 is 5.19. The van der Waals surface area contributed by atoms with Gasteiger partial charge in [-0.3, -0.25) is 0 Å². The summed E-state index contributed by atoms with van der Waals surface area (Å²) in [6, 6.07) is 0. The highest BCUT2D eigenvalue weighted by Gasteiger charge is 1.59. The lowest BCUT2D eigenvalue weighted by atomic mass is 10.6. The third kappa shape index (κ3) is 56.8. The minimum atomic E-state index is 0. The Morgan fingerprint density at radius 2 is 1.57 bits per heavy atom. The number of nitrogens with two attached hydrogens (primary N) is 1. The van der Waals surface area contributed by atoms with Gasteiger partial charge in [0.25, 0.3) is 0 Å². The number of hydrogen-bond acceptors (Lipinski definition) is 1. The smallest absolute Gasteiger partial charge is 0.0220 e.